The highest BCUT2D eigenvalue weighted by molar-refractivity contribution is 5.84. The van der Waals surface area contributed by atoms with Gasteiger partial charge in [0.1, 0.15) is 12.2 Å². The van der Waals surface area contributed by atoms with Crippen LogP contribution in [0.25, 0.3) is 0 Å². The van der Waals surface area contributed by atoms with Crippen molar-refractivity contribution in [3.05, 3.63) is 29.8 Å². The molecule has 2 aliphatic rings. The Morgan fingerprint density at radius 2 is 2.00 bits per heavy atom. The van der Waals surface area contributed by atoms with E-state index < -0.39 is 18.1 Å². The molecule has 0 aliphatic carbocycles. The summed E-state index contributed by atoms with van der Waals surface area (Å²) in [6.07, 6.45) is -0.242. The van der Waals surface area contributed by atoms with Crippen LogP contribution >= 0.6 is 0 Å². The predicted molar refractivity (Wildman–Crippen MR) is 71.3 cm³/mol. The molecule has 6 heteroatoms. The highest BCUT2D eigenvalue weighted by Gasteiger charge is 2.52. The number of nitrogens with zero attached hydrogens (tertiary/aromatic N) is 1. The van der Waals surface area contributed by atoms with E-state index in [4.69, 9.17) is 9.47 Å². The van der Waals surface area contributed by atoms with Gasteiger partial charge in [-0.15, -0.1) is 0 Å². The zero-order chi connectivity index (χ0) is 14.3. The maximum Gasteiger partial charge on any atom is 0.411 e. The summed E-state index contributed by atoms with van der Waals surface area (Å²) >= 11 is 0. The number of hydrogen-bond donors (Lipinski definition) is 1. The summed E-state index contributed by atoms with van der Waals surface area (Å²) in [6, 6.07) is 7.27. The number of hydrogen-bond acceptors (Lipinski definition) is 5. The van der Waals surface area contributed by atoms with Gasteiger partial charge in [-0.25, -0.2) is 9.59 Å². The first-order chi connectivity index (χ1) is 9.67. The van der Waals surface area contributed by atoms with Crippen molar-refractivity contribution in [2.75, 3.05) is 19.5 Å². The Morgan fingerprint density at radius 1 is 1.25 bits per heavy atom. The van der Waals surface area contributed by atoms with Crippen molar-refractivity contribution in [1.82, 2.24) is 4.90 Å². The Morgan fingerprint density at radius 3 is 2.70 bits per heavy atom. The lowest BCUT2D eigenvalue weighted by Gasteiger charge is -2.27. The van der Waals surface area contributed by atoms with Crippen LogP contribution < -0.4 is 5.32 Å². The van der Waals surface area contributed by atoms with Crippen molar-refractivity contribution >= 4 is 17.7 Å². The second-order valence-corrected chi connectivity index (χ2v) is 4.93. The summed E-state index contributed by atoms with van der Waals surface area (Å²) in [4.78, 5) is 25.3. The molecule has 2 unspecified atom stereocenters. The van der Waals surface area contributed by atoms with E-state index >= 15 is 0 Å². The van der Waals surface area contributed by atoms with Crippen molar-refractivity contribution in [2.45, 2.75) is 24.5 Å². The summed E-state index contributed by atoms with van der Waals surface area (Å²) in [5.74, 6) is -0.335. The largest absolute Gasteiger partial charge is 0.467 e. The number of carbonyl (C=O) groups is 2. The van der Waals surface area contributed by atoms with E-state index in [1.54, 1.807) is 0 Å². The molecule has 106 valence electrons. The molecule has 0 radical (unpaired) electrons. The SMILES string of the molecule is COC(=O)[C@H]1CC2c3ccccc3NC2N1C(=O)OC. The fourth-order valence-corrected chi connectivity index (χ4v) is 3.14. The zero-order valence-corrected chi connectivity index (χ0v) is 11.3. The highest BCUT2D eigenvalue weighted by atomic mass is 16.5. The Hall–Kier alpha value is -2.24. The number of rotatable bonds is 1. The minimum Gasteiger partial charge on any atom is -0.467 e. The fourth-order valence-electron chi connectivity index (χ4n) is 3.14. The molecule has 1 N–H and O–H groups in total. The molecule has 2 aliphatic heterocycles. The number of para-hydroxylation sites is 1. The fraction of sp³-hybridized carbons (Fsp3) is 0.429. The van der Waals surface area contributed by atoms with Crippen LogP contribution in [0.5, 0.6) is 0 Å². The summed E-state index contributed by atoms with van der Waals surface area (Å²) in [6.45, 7) is 0. The standard InChI is InChI=1S/C14H16N2O4/c1-19-13(17)11-7-9-8-5-3-4-6-10(8)15-12(9)16(11)14(18)20-2/h3-6,9,11-12,15H,7H2,1-2H3/t9?,11-,12?/m1/s1. The summed E-state index contributed by atoms with van der Waals surface area (Å²) < 4.78 is 9.60. The topological polar surface area (TPSA) is 67.9 Å². The molecule has 1 aromatic rings. The maximum absolute atomic E-state index is 12.0. The van der Waals surface area contributed by atoms with Crippen LogP contribution in [0.15, 0.2) is 24.3 Å². The molecule has 0 aromatic heterocycles. The molecule has 3 rings (SSSR count). The number of benzene rings is 1. The van der Waals surface area contributed by atoms with Crippen LogP contribution in [0.4, 0.5) is 10.5 Å². The molecule has 0 saturated carbocycles. The van der Waals surface area contributed by atoms with Gasteiger partial charge in [-0.2, -0.15) is 0 Å². The van der Waals surface area contributed by atoms with E-state index in [1.807, 2.05) is 24.3 Å². The number of fused-ring (bicyclic) bond motifs is 3. The number of anilines is 1. The third kappa shape index (κ3) is 1.71. The van der Waals surface area contributed by atoms with Crippen molar-refractivity contribution in [3.8, 4) is 0 Å². The first-order valence-electron chi connectivity index (χ1n) is 6.47. The van der Waals surface area contributed by atoms with Gasteiger partial charge in [-0.3, -0.25) is 4.90 Å². The lowest BCUT2D eigenvalue weighted by molar-refractivity contribution is -0.145. The van der Waals surface area contributed by atoms with Gasteiger partial charge in [0.25, 0.3) is 0 Å². The van der Waals surface area contributed by atoms with Crippen LogP contribution in [0.2, 0.25) is 0 Å². The lowest BCUT2D eigenvalue weighted by Crippen LogP contribution is -2.47. The van der Waals surface area contributed by atoms with Crippen molar-refractivity contribution in [2.24, 2.45) is 0 Å². The van der Waals surface area contributed by atoms with E-state index in [1.165, 1.54) is 19.1 Å². The molecule has 2 heterocycles. The first-order valence-corrected chi connectivity index (χ1v) is 6.47. The quantitative estimate of drug-likeness (QED) is 0.788. The molecule has 1 fully saturated rings. The Labute approximate surface area is 116 Å². The van der Waals surface area contributed by atoms with E-state index in [2.05, 4.69) is 5.32 Å². The van der Waals surface area contributed by atoms with Crippen LogP contribution in [-0.4, -0.2) is 43.4 Å². The number of carbonyl (C=O) groups excluding carboxylic acids is 2. The number of esters is 1. The van der Waals surface area contributed by atoms with E-state index in [-0.39, 0.29) is 12.1 Å². The van der Waals surface area contributed by atoms with Gasteiger partial charge in [0.2, 0.25) is 0 Å². The molecular weight excluding hydrogens is 260 g/mol. The van der Waals surface area contributed by atoms with Gasteiger partial charge >= 0.3 is 12.1 Å². The molecule has 1 amide bonds. The molecule has 1 aromatic carbocycles. The predicted octanol–water partition coefficient (Wildman–Crippen LogP) is 1.54. The average Bonchev–Trinajstić information content (AvgIpc) is 3.01. The van der Waals surface area contributed by atoms with Crippen LogP contribution in [-0.2, 0) is 14.3 Å². The number of nitrogens with one attached hydrogen (secondary N) is 1. The van der Waals surface area contributed by atoms with Gasteiger partial charge in [0.15, 0.2) is 0 Å². The molecule has 6 nitrogen and oxygen atoms in total. The van der Waals surface area contributed by atoms with Gasteiger partial charge in [0, 0.05) is 11.6 Å². The Bertz CT molecular complexity index is 560. The molecule has 0 bridgehead atoms. The van der Waals surface area contributed by atoms with Gasteiger partial charge in [-0.1, -0.05) is 18.2 Å². The number of methoxy groups -OCH3 is 2. The van der Waals surface area contributed by atoms with Gasteiger partial charge < -0.3 is 14.8 Å². The minimum atomic E-state index is -0.608. The summed E-state index contributed by atoms with van der Waals surface area (Å²) in [7, 11) is 2.64. The molecule has 0 spiro atoms. The van der Waals surface area contributed by atoms with Crippen LogP contribution in [0.1, 0.15) is 17.9 Å². The van der Waals surface area contributed by atoms with Gasteiger partial charge in [-0.05, 0) is 18.1 Å². The van der Waals surface area contributed by atoms with Crippen molar-refractivity contribution in [1.29, 1.82) is 0 Å². The summed E-state index contributed by atoms with van der Waals surface area (Å²) in [5, 5.41) is 3.29. The minimum absolute atomic E-state index is 0.0781. The highest BCUT2D eigenvalue weighted by Crippen LogP contribution is 2.46. The molecule has 3 atom stereocenters. The number of likely N-dealkylation sites (tertiary alicyclic amines) is 1. The van der Waals surface area contributed by atoms with Crippen LogP contribution in [0.3, 0.4) is 0 Å². The number of ether oxygens (including phenoxy) is 2. The molecule has 20 heavy (non-hydrogen) atoms. The molecular formula is C14H16N2O4. The Kier molecular flexibility index (Phi) is 3.00. The lowest BCUT2D eigenvalue weighted by atomic mass is 9.96. The van der Waals surface area contributed by atoms with Crippen molar-refractivity contribution < 1.29 is 19.1 Å². The number of amides is 1. The average molecular weight is 276 g/mol. The van der Waals surface area contributed by atoms with E-state index in [9.17, 15) is 9.59 Å². The van der Waals surface area contributed by atoms with Crippen molar-refractivity contribution in [3.63, 3.8) is 0 Å². The van der Waals surface area contributed by atoms with Crippen LogP contribution in [0, 0.1) is 0 Å². The second kappa shape index (κ2) is 4.70. The maximum atomic E-state index is 12.0. The molecule has 1 saturated heterocycles. The Balaban J connectivity index is 1.96. The monoisotopic (exact) mass is 276 g/mol. The first kappa shape index (κ1) is 12.8. The third-order valence-electron chi connectivity index (χ3n) is 4.02. The smallest absolute Gasteiger partial charge is 0.411 e. The van der Waals surface area contributed by atoms with E-state index in [0.29, 0.717) is 6.42 Å². The van der Waals surface area contributed by atoms with E-state index in [0.717, 1.165) is 11.3 Å². The van der Waals surface area contributed by atoms with Gasteiger partial charge in [0.05, 0.1) is 14.2 Å². The summed E-state index contributed by atoms with van der Waals surface area (Å²) in [5.41, 5.74) is 2.12. The zero-order valence-electron chi connectivity index (χ0n) is 11.3. The third-order valence-corrected chi connectivity index (χ3v) is 4.02. The second-order valence-electron chi connectivity index (χ2n) is 4.93. The normalized spacial score (nSPS) is 26.5.